The Kier molecular flexibility index (Phi) is 3.22. The molecule has 94 valence electrons. The van der Waals surface area contributed by atoms with Crippen molar-refractivity contribution in [3.05, 3.63) is 39.8 Å². The lowest BCUT2D eigenvalue weighted by molar-refractivity contribution is -0.115. The van der Waals surface area contributed by atoms with Crippen molar-refractivity contribution >= 4 is 11.9 Å². The first-order valence-electron chi connectivity index (χ1n) is 5.42. The predicted molar refractivity (Wildman–Crippen MR) is 65.3 cm³/mol. The number of carbonyl (C=O) groups is 1. The number of aromatic nitrogens is 4. The van der Waals surface area contributed by atoms with E-state index < -0.39 is 5.69 Å². The number of H-pyrrole nitrogens is 2. The van der Waals surface area contributed by atoms with Crippen molar-refractivity contribution in [3.8, 4) is 0 Å². The fraction of sp³-hybridized carbons (Fsp3) is 0.273. The monoisotopic (exact) mass is 247 g/mol. The molecule has 7 nitrogen and oxygen atoms in total. The number of nitrogens with zero attached hydrogens (tertiary/aromatic N) is 2. The number of carbonyl (C=O) groups excluding carboxylic acids is 1. The van der Waals surface area contributed by atoms with E-state index in [1.165, 1.54) is 0 Å². The number of rotatable bonds is 3. The highest BCUT2D eigenvalue weighted by molar-refractivity contribution is 5.90. The van der Waals surface area contributed by atoms with Gasteiger partial charge in [0, 0.05) is 29.3 Å². The van der Waals surface area contributed by atoms with Crippen molar-refractivity contribution < 1.29 is 4.79 Å². The van der Waals surface area contributed by atoms with E-state index in [2.05, 4.69) is 25.3 Å². The van der Waals surface area contributed by atoms with Crippen LogP contribution in [-0.4, -0.2) is 25.8 Å². The zero-order valence-corrected chi connectivity index (χ0v) is 10.1. The summed E-state index contributed by atoms with van der Waals surface area (Å²) in [6.45, 7) is 3.45. The third-order valence-corrected chi connectivity index (χ3v) is 2.55. The fourth-order valence-corrected chi connectivity index (χ4v) is 1.69. The third kappa shape index (κ3) is 2.62. The first-order chi connectivity index (χ1) is 8.56. The summed E-state index contributed by atoms with van der Waals surface area (Å²) in [5, 5.41) is 2.61. The molecule has 0 bridgehead atoms. The number of hydrogen-bond acceptors (Lipinski definition) is 4. The van der Waals surface area contributed by atoms with E-state index in [4.69, 9.17) is 0 Å². The van der Waals surface area contributed by atoms with E-state index in [-0.39, 0.29) is 12.3 Å². The van der Waals surface area contributed by atoms with E-state index in [0.717, 1.165) is 5.56 Å². The second kappa shape index (κ2) is 4.82. The molecule has 0 aliphatic heterocycles. The van der Waals surface area contributed by atoms with Crippen molar-refractivity contribution in [2.75, 3.05) is 5.32 Å². The van der Waals surface area contributed by atoms with Crippen LogP contribution in [0.3, 0.4) is 0 Å². The van der Waals surface area contributed by atoms with Crippen LogP contribution in [0.15, 0.2) is 17.2 Å². The van der Waals surface area contributed by atoms with Crippen molar-refractivity contribution in [1.29, 1.82) is 0 Å². The molecule has 7 heteroatoms. The Labute approximate surface area is 103 Å². The van der Waals surface area contributed by atoms with Gasteiger partial charge >= 0.3 is 5.69 Å². The van der Waals surface area contributed by atoms with Crippen LogP contribution >= 0.6 is 0 Å². The number of imidazole rings is 1. The van der Waals surface area contributed by atoms with Gasteiger partial charge in [-0.3, -0.25) is 10.1 Å². The molecule has 0 saturated carbocycles. The molecule has 2 aromatic heterocycles. The summed E-state index contributed by atoms with van der Waals surface area (Å²) in [7, 11) is 0. The Hall–Kier alpha value is -2.44. The lowest BCUT2D eigenvalue weighted by Crippen LogP contribution is -2.21. The number of amides is 1. The minimum absolute atomic E-state index is 0.141. The molecule has 1 amide bonds. The Bertz CT molecular complexity index is 589. The van der Waals surface area contributed by atoms with Crippen LogP contribution in [-0.2, 0) is 11.2 Å². The molecule has 2 heterocycles. The van der Waals surface area contributed by atoms with Gasteiger partial charge in [-0.1, -0.05) is 0 Å². The Morgan fingerprint density at radius 3 is 2.83 bits per heavy atom. The molecule has 0 aliphatic rings. The van der Waals surface area contributed by atoms with Crippen LogP contribution in [0.2, 0.25) is 0 Å². The number of anilines is 1. The summed E-state index contributed by atoms with van der Waals surface area (Å²) in [5.41, 5.74) is 1.53. The van der Waals surface area contributed by atoms with E-state index >= 15 is 0 Å². The predicted octanol–water partition coefficient (Wildman–Crippen LogP) is 0.291. The molecule has 3 N–H and O–H groups in total. The van der Waals surface area contributed by atoms with Crippen molar-refractivity contribution in [1.82, 2.24) is 19.9 Å². The van der Waals surface area contributed by atoms with Gasteiger partial charge in [-0.15, -0.1) is 0 Å². The Balaban J connectivity index is 2.14. The van der Waals surface area contributed by atoms with Gasteiger partial charge in [0.1, 0.15) is 0 Å². The quantitative estimate of drug-likeness (QED) is 0.725. The van der Waals surface area contributed by atoms with E-state index in [1.807, 2.05) is 0 Å². The molecule has 0 aliphatic carbocycles. The summed E-state index contributed by atoms with van der Waals surface area (Å²) < 4.78 is 0. The summed E-state index contributed by atoms with van der Waals surface area (Å²) in [5.74, 6) is 0.178. The number of nitrogens with one attached hydrogen (secondary N) is 3. The molecule has 0 atom stereocenters. The largest absolute Gasteiger partial charge is 0.345 e. The second-order valence-corrected chi connectivity index (χ2v) is 3.89. The minimum Gasteiger partial charge on any atom is -0.331 e. The van der Waals surface area contributed by atoms with Crippen molar-refractivity contribution in [2.24, 2.45) is 0 Å². The highest BCUT2D eigenvalue weighted by Crippen LogP contribution is 2.08. The van der Waals surface area contributed by atoms with Gasteiger partial charge in [0.25, 0.3) is 0 Å². The minimum atomic E-state index is -0.403. The van der Waals surface area contributed by atoms with E-state index in [0.29, 0.717) is 17.3 Å². The summed E-state index contributed by atoms with van der Waals surface area (Å²) in [6.07, 6.45) is 3.31. The molecule has 18 heavy (non-hydrogen) atoms. The smallest absolute Gasteiger partial charge is 0.331 e. The Morgan fingerprint density at radius 1 is 1.44 bits per heavy atom. The second-order valence-electron chi connectivity index (χ2n) is 3.89. The van der Waals surface area contributed by atoms with Gasteiger partial charge in [-0.05, 0) is 13.8 Å². The lowest BCUT2D eigenvalue weighted by atomic mass is 10.1. The zero-order chi connectivity index (χ0) is 13.1. The molecule has 0 unspecified atom stereocenters. The maximum absolute atomic E-state index is 11.8. The molecule has 0 fully saturated rings. The van der Waals surface area contributed by atoms with Gasteiger partial charge in [0.2, 0.25) is 11.9 Å². The van der Waals surface area contributed by atoms with Crippen molar-refractivity contribution in [2.45, 2.75) is 20.3 Å². The van der Waals surface area contributed by atoms with Crippen LogP contribution in [0.4, 0.5) is 5.95 Å². The van der Waals surface area contributed by atoms with Crippen LogP contribution in [0, 0.1) is 13.8 Å². The molecule has 2 rings (SSSR count). The highest BCUT2D eigenvalue weighted by Gasteiger charge is 2.11. The third-order valence-electron chi connectivity index (χ3n) is 2.55. The average molecular weight is 247 g/mol. The molecular weight excluding hydrogens is 234 g/mol. The molecule has 0 spiro atoms. The first-order valence-corrected chi connectivity index (χ1v) is 5.42. The molecule has 0 aromatic carbocycles. The van der Waals surface area contributed by atoms with E-state index in [9.17, 15) is 9.59 Å². The van der Waals surface area contributed by atoms with Crippen LogP contribution < -0.4 is 11.0 Å². The number of aromatic amines is 2. The molecule has 0 saturated heterocycles. The van der Waals surface area contributed by atoms with Crippen molar-refractivity contribution in [3.63, 3.8) is 0 Å². The van der Waals surface area contributed by atoms with Crippen LogP contribution in [0.25, 0.3) is 0 Å². The summed E-state index contributed by atoms with van der Waals surface area (Å²) in [6, 6.07) is 0. The summed E-state index contributed by atoms with van der Waals surface area (Å²) >= 11 is 0. The Morgan fingerprint density at radius 2 is 2.22 bits per heavy atom. The van der Waals surface area contributed by atoms with E-state index in [1.54, 1.807) is 26.2 Å². The number of hydrogen-bond donors (Lipinski definition) is 3. The van der Waals surface area contributed by atoms with Gasteiger partial charge in [-0.25, -0.2) is 9.78 Å². The van der Waals surface area contributed by atoms with Gasteiger partial charge in [-0.2, -0.15) is 4.98 Å². The first kappa shape index (κ1) is 12.0. The van der Waals surface area contributed by atoms with Crippen LogP contribution in [0.5, 0.6) is 0 Å². The topological polar surface area (TPSA) is 104 Å². The fourth-order valence-electron chi connectivity index (χ4n) is 1.69. The highest BCUT2D eigenvalue weighted by atomic mass is 16.2. The van der Waals surface area contributed by atoms with Crippen LogP contribution in [0.1, 0.15) is 17.0 Å². The number of aryl methyl sites for hydroxylation is 2. The molecule has 2 aromatic rings. The maximum Gasteiger partial charge on any atom is 0.345 e. The normalized spacial score (nSPS) is 10.3. The standard InChI is InChI=1S/C11H13N5O2/c1-6-8(7(2)15-11(18)14-6)5-9(17)16-10-12-3-4-13-10/h3-4H,5H2,1-2H3,(H,14,15,18)(H2,12,13,16,17). The van der Waals surface area contributed by atoms with Gasteiger partial charge < -0.3 is 9.97 Å². The maximum atomic E-state index is 11.8. The molecule has 0 radical (unpaired) electrons. The zero-order valence-electron chi connectivity index (χ0n) is 10.1. The molecular formula is C11H13N5O2. The average Bonchev–Trinajstić information content (AvgIpc) is 2.76. The van der Waals surface area contributed by atoms with Gasteiger partial charge in [0.15, 0.2) is 0 Å². The SMILES string of the molecule is Cc1nc(=O)[nH]c(C)c1CC(=O)Nc1ncc[nH]1. The van der Waals surface area contributed by atoms with Gasteiger partial charge in [0.05, 0.1) is 6.42 Å². The summed E-state index contributed by atoms with van der Waals surface area (Å²) in [4.78, 5) is 35.9. The lowest BCUT2D eigenvalue weighted by Gasteiger charge is -2.07.